The van der Waals surface area contributed by atoms with Crippen LogP contribution in [0.4, 0.5) is 11.6 Å². The van der Waals surface area contributed by atoms with E-state index in [1.165, 1.54) is 18.5 Å². The molecule has 8 heteroatoms. The molecule has 162 valence electrons. The lowest BCUT2D eigenvalue weighted by Crippen LogP contribution is -2.27. The summed E-state index contributed by atoms with van der Waals surface area (Å²) in [5.41, 5.74) is 7.73. The van der Waals surface area contributed by atoms with Crippen molar-refractivity contribution in [3.63, 3.8) is 0 Å². The Morgan fingerprint density at radius 2 is 1.94 bits per heavy atom. The van der Waals surface area contributed by atoms with Crippen LogP contribution < -0.4 is 16.6 Å². The summed E-state index contributed by atoms with van der Waals surface area (Å²) < 4.78 is 1.75. The highest BCUT2D eigenvalue weighted by atomic mass is 16.3. The van der Waals surface area contributed by atoms with E-state index in [0.29, 0.717) is 28.9 Å². The van der Waals surface area contributed by atoms with Crippen LogP contribution in [0.3, 0.4) is 0 Å². The fourth-order valence-corrected chi connectivity index (χ4v) is 3.79. The van der Waals surface area contributed by atoms with Crippen molar-refractivity contribution in [2.75, 3.05) is 11.1 Å². The maximum Gasteiger partial charge on any atom is 0.258 e. The lowest BCUT2D eigenvalue weighted by atomic mass is 10.0. The molecule has 4 aromatic rings. The lowest BCUT2D eigenvalue weighted by Gasteiger charge is -2.19. The maximum absolute atomic E-state index is 13.1. The quantitative estimate of drug-likeness (QED) is 0.347. The van der Waals surface area contributed by atoms with E-state index in [9.17, 15) is 9.90 Å². The van der Waals surface area contributed by atoms with Crippen molar-refractivity contribution in [1.82, 2.24) is 14.5 Å². The molecule has 0 saturated heterocycles. The van der Waals surface area contributed by atoms with Gasteiger partial charge in [0.1, 0.15) is 23.7 Å². The topological polar surface area (TPSA) is 130 Å². The minimum absolute atomic E-state index is 0.0376. The van der Waals surface area contributed by atoms with Crippen LogP contribution in [0.2, 0.25) is 0 Å². The molecule has 8 nitrogen and oxygen atoms in total. The molecule has 4 rings (SSSR count). The Balaban J connectivity index is 1.73. The number of anilines is 2. The number of nitrogens with two attached hydrogens (primary N) is 1. The van der Waals surface area contributed by atoms with Crippen LogP contribution >= 0.6 is 0 Å². The van der Waals surface area contributed by atoms with Crippen LogP contribution in [0.1, 0.15) is 36.7 Å². The van der Waals surface area contributed by atoms with Gasteiger partial charge in [-0.2, -0.15) is 0 Å². The number of aromatic hydroxyl groups is 1. The Labute approximate surface area is 184 Å². The predicted octanol–water partition coefficient (Wildman–Crippen LogP) is 3.69. The van der Waals surface area contributed by atoms with Gasteiger partial charge in [-0.25, -0.2) is 9.97 Å². The van der Waals surface area contributed by atoms with Gasteiger partial charge in [-0.3, -0.25) is 10.2 Å². The molecule has 0 saturated carbocycles. The summed E-state index contributed by atoms with van der Waals surface area (Å²) in [5.74, 6) is 0.576. The fraction of sp³-hybridized carbons (Fsp3) is 0.167. The molecule has 2 aromatic carbocycles. The number of hydrogen-bond acceptors (Lipinski definition) is 7. The normalized spacial score (nSPS) is 11.1. The largest absolute Gasteiger partial charge is 0.508 e. The molecule has 0 fully saturated rings. The molecule has 0 radical (unpaired) electrons. The number of phenolic OH excluding ortho intramolecular Hbond substituents is 1. The molecule has 0 spiro atoms. The summed E-state index contributed by atoms with van der Waals surface area (Å²) in [4.78, 5) is 21.4. The van der Waals surface area contributed by atoms with Crippen LogP contribution in [0, 0.1) is 5.41 Å². The molecule has 0 aliphatic carbocycles. The van der Waals surface area contributed by atoms with Crippen LogP contribution in [0.15, 0.2) is 65.7 Å². The maximum atomic E-state index is 13.1. The van der Waals surface area contributed by atoms with Crippen LogP contribution in [0.5, 0.6) is 5.75 Å². The number of rotatable bonds is 6. The second kappa shape index (κ2) is 8.50. The first kappa shape index (κ1) is 21.0. The molecule has 0 unspecified atom stereocenters. The third-order valence-electron chi connectivity index (χ3n) is 5.26. The molecular weight excluding hydrogens is 404 g/mol. The molecule has 0 aliphatic heterocycles. The third kappa shape index (κ3) is 3.90. The zero-order valence-electron chi connectivity index (χ0n) is 17.8. The van der Waals surface area contributed by atoms with Crippen molar-refractivity contribution < 1.29 is 5.11 Å². The molecule has 32 heavy (non-hydrogen) atoms. The summed E-state index contributed by atoms with van der Waals surface area (Å²) in [6, 6.07) is 15.8. The standard InChI is InChI=1S/C24H24N6O2/c1-14(2)30-17(10-15-6-3-4-9-19(15)24(30)32)12-27-23-20(22(26)28-13-29-23)21(25)16-7-5-8-18(31)11-16/h3-11,13-14,25,31H,12H2,1-2H3,(H3,26,27,28,29). The Hall–Kier alpha value is -4.20. The highest BCUT2D eigenvalue weighted by molar-refractivity contribution is 6.16. The van der Waals surface area contributed by atoms with Crippen LogP contribution in [0.25, 0.3) is 10.8 Å². The van der Waals surface area contributed by atoms with Gasteiger partial charge in [-0.1, -0.05) is 30.3 Å². The first-order valence-corrected chi connectivity index (χ1v) is 10.2. The summed E-state index contributed by atoms with van der Waals surface area (Å²) in [5, 5.41) is 23.2. The minimum atomic E-state index is -0.0511. The van der Waals surface area contributed by atoms with Gasteiger partial charge in [0.15, 0.2) is 0 Å². The van der Waals surface area contributed by atoms with E-state index in [-0.39, 0.29) is 28.9 Å². The Bertz CT molecular complexity index is 1380. The van der Waals surface area contributed by atoms with Crippen molar-refractivity contribution in [3.8, 4) is 5.75 Å². The van der Waals surface area contributed by atoms with Crippen LogP contribution in [-0.2, 0) is 6.54 Å². The molecule has 0 amide bonds. The van der Waals surface area contributed by atoms with Crippen molar-refractivity contribution in [2.45, 2.75) is 26.4 Å². The van der Waals surface area contributed by atoms with Gasteiger partial charge in [-0.05, 0) is 43.5 Å². The first-order chi connectivity index (χ1) is 15.4. The van der Waals surface area contributed by atoms with Gasteiger partial charge in [0, 0.05) is 22.7 Å². The van der Waals surface area contributed by atoms with Gasteiger partial charge in [0.25, 0.3) is 5.56 Å². The third-order valence-corrected chi connectivity index (χ3v) is 5.26. The van der Waals surface area contributed by atoms with Gasteiger partial charge in [0.2, 0.25) is 0 Å². The molecule has 2 heterocycles. The SMILES string of the molecule is CC(C)n1c(CNc2ncnc(N)c2C(=N)c2cccc(O)c2)cc2ccccc2c1=O. The molecule has 0 atom stereocenters. The fourth-order valence-electron chi connectivity index (χ4n) is 3.79. The van der Waals surface area contributed by atoms with Crippen molar-refractivity contribution >= 4 is 28.1 Å². The summed E-state index contributed by atoms with van der Waals surface area (Å²) in [6.45, 7) is 4.23. The number of nitrogen functional groups attached to an aromatic ring is 1. The number of nitrogens with zero attached hydrogens (tertiary/aromatic N) is 3. The van der Waals surface area contributed by atoms with Crippen LogP contribution in [-0.4, -0.2) is 25.4 Å². The van der Waals surface area contributed by atoms with Gasteiger partial charge < -0.3 is 20.7 Å². The molecule has 0 bridgehead atoms. The number of nitrogens with one attached hydrogen (secondary N) is 2. The number of aromatic nitrogens is 3. The number of phenols is 1. The smallest absolute Gasteiger partial charge is 0.258 e. The average molecular weight is 428 g/mol. The Morgan fingerprint density at radius 3 is 2.69 bits per heavy atom. The number of hydrogen-bond donors (Lipinski definition) is 4. The highest BCUT2D eigenvalue weighted by Crippen LogP contribution is 2.24. The van der Waals surface area contributed by atoms with Gasteiger partial charge >= 0.3 is 0 Å². The number of fused-ring (bicyclic) bond motifs is 1. The monoisotopic (exact) mass is 428 g/mol. The molecular formula is C24H24N6O2. The summed E-state index contributed by atoms with van der Waals surface area (Å²) in [7, 11) is 0. The highest BCUT2D eigenvalue weighted by Gasteiger charge is 2.18. The predicted molar refractivity (Wildman–Crippen MR) is 126 cm³/mol. The summed E-state index contributed by atoms with van der Waals surface area (Å²) in [6.07, 6.45) is 1.33. The van der Waals surface area contributed by atoms with Gasteiger partial charge in [0.05, 0.1) is 17.8 Å². The lowest BCUT2D eigenvalue weighted by molar-refractivity contribution is 0.475. The zero-order chi connectivity index (χ0) is 22.8. The zero-order valence-corrected chi connectivity index (χ0v) is 17.8. The van der Waals surface area contributed by atoms with E-state index in [1.807, 2.05) is 44.2 Å². The molecule has 5 N–H and O–H groups in total. The van der Waals surface area contributed by atoms with E-state index in [1.54, 1.807) is 16.7 Å². The Kier molecular flexibility index (Phi) is 5.59. The van der Waals surface area contributed by atoms with E-state index >= 15 is 0 Å². The number of benzene rings is 2. The molecule has 2 aromatic heterocycles. The van der Waals surface area contributed by atoms with Crippen molar-refractivity contribution in [1.29, 1.82) is 5.41 Å². The van der Waals surface area contributed by atoms with E-state index in [4.69, 9.17) is 11.1 Å². The number of pyridine rings is 1. The first-order valence-electron chi connectivity index (χ1n) is 10.2. The Morgan fingerprint density at radius 1 is 1.16 bits per heavy atom. The minimum Gasteiger partial charge on any atom is -0.508 e. The second-order valence-electron chi connectivity index (χ2n) is 7.75. The van der Waals surface area contributed by atoms with E-state index in [2.05, 4.69) is 15.3 Å². The van der Waals surface area contributed by atoms with Crippen molar-refractivity contribution in [2.24, 2.45) is 0 Å². The van der Waals surface area contributed by atoms with Crippen molar-refractivity contribution in [3.05, 3.63) is 88.1 Å². The summed E-state index contributed by atoms with van der Waals surface area (Å²) >= 11 is 0. The second-order valence-corrected chi connectivity index (χ2v) is 7.75. The van der Waals surface area contributed by atoms with E-state index in [0.717, 1.165) is 11.1 Å². The average Bonchev–Trinajstić information content (AvgIpc) is 2.77. The van der Waals surface area contributed by atoms with Gasteiger partial charge in [-0.15, -0.1) is 0 Å². The van der Waals surface area contributed by atoms with E-state index < -0.39 is 0 Å². The molecule has 0 aliphatic rings.